The second-order valence-electron chi connectivity index (χ2n) is 4.85. The van der Waals surface area contributed by atoms with Gasteiger partial charge in [-0.2, -0.15) is 0 Å². The molecule has 3 aromatic rings. The van der Waals surface area contributed by atoms with E-state index in [1.807, 2.05) is 0 Å². The van der Waals surface area contributed by atoms with Crippen LogP contribution in [-0.2, 0) is 0 Å². The van der Waals surface area contributed by atoms with Crippen LogP contribution in [0.1, 0.15) is 21.0 Å². The molecule has 0 aromatic carbocycles. The number of hydrogen-bond acceptors (Lipinski definition) is 6. The van der Waals surface area contributed by atoms with E-state index in [0.717, 1.165) is 16.0 Å². The van der Waals surface area contributed by atoms with Crippen molar-refractivity contribution in [3.63, 3.8) is 0 Å². The van der Waals surface area contributed by atoms with Crippen molar-refractivity contribution in [3.8, 4) is 0 Å². The topological polar surface area (TPSA) is 80.0 Å². The number of hydrogen-bond donors (Lipinski definition) is 2. The third-order valence-electron chi connectivity index (χ3n) is 3.41. The number of furan rings is 1. The molecule has 0 radical (unpaired) electrons. The molecule has 3 rings (SSSR count). The average Bonchev–Trinajstić information content (AvgIpc) is 3.13. The molecule has 0 fully saturated rings. The molecule has 22 heavy (non-hydrogen) atoms. The van der Waals surface area contributed by atoms with Crippen LogP contribution >= 0.6 is 11.3 Å². The fourth-order valence-electron chi connectivity index (χ4n) is 2.17. The largest absolute Gasteiger partial charge is 0.459 e. The highest BCUT2D eigenvalue weighted by molar-refractivity contribution is 7.18. The van der Waals surface area contributed by atoms with Gasteiger partial charge in [-0.3, -0.25) is 4.79 Å². The van der Waals surface area contributed by atoms with Crippen molar-refractivity contribution < 1.29 is 9.21 Å². The van der Waals surface area contributed by atoms with Crippen LogP contribution in [0.3, 0.4) is 0 Å². The van der Waals surface area contributed by atoms with Gasteiger partial charge >= 0.3 is 0 Å². The Labute approximate surface area is 131 Å². The Kier molecular flexibility index (Phi) is 4.06. The van der Waals surface area contributed by atoms with E-state index in [1.165, 1.54) is 16.7 Å². The molecule has 0 unspecified atom stereocenters. The quantitative estimate of drug-likeness (QED) is 0.708. The van der Waals surface area contributed by atoms with Crippen LogP contribution < -0.4 is 10.6 Å². The molecule has 0 saturated heterocycles. The molecule has 2 N–H and O–H groups in total. The molecule has 0 spiro atoms. The Bertz CT molecular complexity index is 795. The summed E-state index contributed by atoms with van der Waals surface area (Å²) in [6, 6.07) is 3.32. The average molecular weight is 316 g/mol. The Morgan fingerprint density at radius 3 is 2.95 bits per heavy atom. The minimum absolute atomic E-state index is 0.220. The molecule has 0 saturated carbocycles. The van der Waals surface area contributed by atoms with E-state index in [4.69, 9.17) is 4.42 Å². The number of fused-ring (bicyclic) bond motifs is 1. The number of aromatic nitrogens is 2. The van der Waals surface area contributed by atoms with Gasteiger partial charge in [0.1, 0.15) is 17.0 Å². The maximum absolute atomic E-state index is 11.7. The number of carbonyl (C=O) groups is 1. The standard InChI is InChI=1S/C15H16N4O2S/c1-9-10(2)22-15-12(9)13(18-8-19-15)16-5-6-17-14(20)11-4-3-7-21-11/h3-4,7-8H,5-6H2,1-2H3,(H,17,20)(H,16,18,19). The Morgan fingerprint density at radius 1 is 1.32 bits per heavy atom. The SMILES string of the molecule is Cc1sc2ncnc(NCCNC(=O)c3ccco3)c2c1C. The van der Waals surface area contributed by atoms with Gasteiger partial charge in [-0.1, -0.05) is 0 Å². The fourth-order valence-corrected chi connectivity index (χ4v) is 3.17. The van der Waals surface area contributed by atoms with Gasteiger partial charge in [0.25, 0.3) is 5.91 Å². The summed E-state index contributed by atoms with van der Waals surface area (Å²) in [4.78, 5) is 22.5. The first-order chi connectivity index (χ1) is 10.7. The highest BCUT2D eigenvalue weighted by atomic mass is 32.1. The molecule has 3 aromatic heterocycles. The van der Waals surface area contributed by atoms with E-state index in [1.54, 1.807) is 29.8 Å². The number of nitrogens with zero attached hydrogens (tertiary/aromatic N) is 2. The summed E-state index contributed by atoms with van der Waals surface area (Å²) >= 11 is 1.66. The van der Waals surface area contributed by atoms with Crippen molar-refractivity contribution in [2.24, 2.45) is 0 Å². The molecule has 0 bridgehead atoms. The highest BCUT2D eigenvalue weighted by Crippen LogP contribution is 2.32. The zero-order valence-corrected chi connectivity index (χ0v) is 13.2. The van der Waals surface area contributed by atoms with Gasteiger partial charge in [0.15, 0.2) is 5.76 Å². The Hall–Kier alpha value is -2.41. The molecule has 0 aliphatic carbocycles. The first kappa shape index (κ1) is 14.5. The van der Waals surface area contributed by atoms with Crippen molar-refractivity contribution in [1.82, 2.24) is 15.3 Å². The number of rotatable bonds is 5. The Balaban J connectivity index is 1.61. The van der Waals surface area contributed by atoms with Gasteiger partial charge in [-0.25, -0.2) is 9.97 Å². The normalized spacial score (nSPS) is 10.8. The molecule has 6 nitrogen and oxygen atoms in total. The van der Waals surface area contributed by atoms with Gasteiger partial charge < -0.3 is 15.1 Å². The molecule has 114 valence electrons. The van der Waals surface area contributed by atoms with Gasteiger partial charge in [0.2, 0.25) is 0 Å². The number of carbonyl (C=O) groups excluding carboxylic acids is 1. The second-order valence-corrected chi connectivity index (χ2v) is 6.05. The van der Waals surface area contributed by atoms with E-state index in [9.17, 15) is 4.79 Å². The third-order valence-corrected chi connectivity index (χ3v) is 4.53. The molecule has 0 aliphatic heterocycles. The maximum Gasteiger partial charge on any atom is 0.287 e. The maximum atomic E-state index is 11.7. The molecule has 1 amide bonds. The molecule has 7 heteroatoms. The number of amides is 1. The number of nitrogens with one attached hydrogen (secondary N) is 2. The zero-order chi connectivity index (χ0) is 15.5. The lowest BCUT2D eigenvalue weighted by atomic mass is 10.2. The van der Waals surface area contributed by atoms with Gasteiger partial charge in [-0.05, 0) is 31.5 Å². The highest BCUT2D eigenvalue weighted by Gasteiger charge is 2.12. The molecule has 0 atom stereocenters. The van der Waals surface area contributed by atoms with E-state index in [-0.39, 0.29) is 5.91 Å². The van der Waals surface area contributed by atoms with Crippen LogP contribution in [0, 0.1) is 13.8 Å². The van der Waals surface area contributed by atoms with Crippen molar-refractivity contribution in [3.05, 3.63) is 40.9 Å². The molecule has 3 heterocycles. The lowest BCUT2D eigenvalue weighted by molar-refractivity contribution is 0.0927. The zero-order valence-electron chi connectivity index (χ0n) is 12.3. The lowest BCUT2D eigenvalue weighted by Crippen LogP contribution is -2.28. The summed E-state index contributed by atoms with van der Waals surface area (Å²) in [5.74, 6) is 0.898. The van der Waals surface area contributed by atoms with E-state index in [2.05, 4.69) is 34.4 Å². The van der Waals surface area contributed by atoms with Gasteiger partial charge in [-0.15, -0.1) is 11.3 Å². The van der Waals surface area contributed by atoms with Crippen LogP contribution in [0.4, 0.5) is 5.82 Å². The van der Waals surface area contributed by atoms with Crippen LogP contribution in [0.25, 0.3) is 10.2 Å². The van der Waals surface area contributed by atoms with Gasteiger partial charge in [0.05, 0.1) is 11.6 Å². The Morgan fingerprint density at radius 2 is 2.18 bits per heavy atom. The molecular formula is C15H16N4O2S. The van der Waals surface area contributed by atoms with Crippen molar-refractivity contribution >= 4 is 33.3 Å². The van der Waals surface area contributed by atoms with Crippen molar-refractivity contribution in [2.75, 3.05) is 18.4 Å². The van der Waals surface area contributed by atoms with E-state index < -0.39 is 0 Å². The molecular weight excluding hydrogens is 300 g/mol. The molecule has 0 aliphatic rings. The van der Waals surface area contributed by atoms with Crippen LogP contribution in [0.15, 0.2) is 29.1 Å². The monoisotopic (exact) mass is 316 g/mol. The summed E-state index contributed by atoms with van der Waals surface area (Å²) in [5.41, 5.74) is 1.20. The van der Waals surface area contributed by atoms with Gasteiger partial charge in [0, 0.05) is 18.0 Å². The lowest BCUT2D eigenvalue weighted by Gasteiger charge is -2.08. The summed E-state index contributed by atoms with van der Waals surface area (Å²) in [6.45, 7) is 5.20. The number of aryl methyl sites for hydroxylation is 2. The predicted octanol–water partition coefficient (Wildman–Crippen LogP) is 2.74. The summed E-state index contributed by atoms with van der Waals surface area (Å²) in [6.07, 6.45) is 3.04. The second kappa shape index (κ2) is 6.15. The van der Waals surface area contributed by atoms with Crippen LogP contribution in [0.2, 0.25) is 0 Å². The fraction of sp³-hybridized carbons (Fsp3) is 0.267. The third kappa shape index (κ3) is 2.80. The summed E-state index contributed by atoms with van der Waals surface area (Å²) < 4.78 is 5.04. The smallest absolute Gasteiger partial charge is 0.287 e. The van der Waals surface area contributed by atoms with Crippen molar-refractivity contribution in [2.45, 2.75) is 13.8 Å². The summed E-state index contributed by atoms with van der Waals surface area (Å²) in [7, 11) is 0. The van der Waals surface area contributed by atoms with E-state index in [0.29, 0.717) is 18.8 Å². The van der Waals surface area contributed by atoms with Crippen LogP contribution in [-0.4, -0.2) is 29.0 Å². The minimum Gasteiger partial charge on any atom is -0.459 e. The van der Waals surface area contributed by atoms with E-state index >= 15 is 0 Å². The van der Waals surface area contributed by atoms with Crippen molar-refractivity contribution in [1.29, 1.82) is 0 Å². The number of anilines is 1. The summed E-state index contributed by atoms with van der Waals surface area (Å²) in [5, 5.41) is 7.10. The number of thiophene rings is 1. The predicted molar refractivity (Wildman–Crippen MR) is 86.4 cm³/mol. The minimum atomic E-state index is -0.220. The first-order valence-corrected chi connectivity index (χ1v) is 7.74. The first-order valence-electron chi connectivity index (χ1n) is 6.93. The van der Waals surface area contributed by atoms with Crippen LogP contribution in [0.5, 0.6) is 0 Å².